The molecule has 1 aliphatic heterocycles. The number of thiazole rings is 1. The Labute approximate surface area is 209 Å². The van der Waals surface area contributed by atoms with Crippen LogP contribution in [0.25, 0.3) is 39.7 Å². The Balaban J connectivity index is 1.35. The fourth-order valence-corrected chi connectivity index (χ4v) is 5.54. The van der Waals surface area contributed by atoms with Crippen LogP contribution in [0.1, 0.15) is 22.8 Å². The molecule has 6 aromatic rings. The lowest BCUT2D eigenvalue weighted by Gasteiger charge is -2.26. The van der Waals surface area contributed by atoms with Crippen molar-refractivity contribution >= 4 is 39.4 Å². The number of fused-ring (bicyclic) bond motifs is 3. The lowest BCUT2D eigenvalue weighted by atomic mass is 9.96. The minimum atomic E-state index is -0.323. The number of hydrogen-bond acceptors (Lipinski definition) is 6. The molecule has 0 radical (unpaired) electrons. The molecule has 0 saturated carbocycles. The highest BCUT2D eigenvalue weighted by Crippen LogP contribution is 2.38. The molecule has 0 saturated heterocycles. The Morgan fingerprint density at radius 3 is 2.58 bits per heavy atom. The van der Waals surface area contributed by atoms with Crippen LogP contribution in [0.15, 0.2) is 93.6 Å². The highest BCUT2D eigenvalue weighted by molar-refractivity contribution is 7.15. The van der Waals surface area contributed by atoms with Gasteiger partial charge in [-0.25, -0.2) is 0 Å². The maximum atomic E-state index is 13.3. The van der Waals surface area contributed by atoms with Crippen LogP contribution in [-0.4, -0.2) is 14.6 Å². The molecule has 7 rings (SSSR count). The maximum Gasteiger partial charge on any atom is 0.291 e. The van der Waals surface area contributed by atoms with E-state index in [9.17, 15) is 4.79 Å². The summed E-state index contributed by atoms with van der Waals surface area (Å²) < 4.78 is 14.3. The van der Waals surface area contributed by atoms with E-state index < -0.39 is 0 Å². The molecule has 3 aromatic carbocycles. The number of benzene rings is 3. The molecule has 0 spiro atoms. The third-order valence-electron chi connectivity index (χ3n) is 6.42. The summed E-state index contributed by atoms with van der Waals surface area (Å²) in [6.45, 7) is 1.98. The maximum absolute atomic E-state index is 13.3. The average Bonchev–Trinajstić information content (AvgIpc) is 3.57. The second-order valence-corrected chi connectivity index (χ2v) is 9.70. The van der Waals surface area contributed by atoms with Crippen LogP contribution in [0.4, 0.5) is 0 Å². The van der Waals surface area contributed by atoms with E-state index in [1.165, 1.54) is 15.9 Å². The van der Waals surface area contributed by atoms with E-state index in [0.717, 1.165) is 39.0 Å². The number of ether oxygens (including phenoxy) is 1. The van der Waals surface area contributed by atoms with E-state index in [2.05, 4.69) is 16.2 Å². The molecular weight excluding hydrogens is 470 g/mol. The van der Waals surface area contributed by atoms with Crippen molar-refractivity contribution in [1.29, 1.82) is 0 Å². The van der Waals surface area contributed by atoms with Gasteiger partial charge < -0.3 is 9.15 Å². The first-order chi connectivity index (χ1) is 17.7. The van der Waals surface area contributed by atoms with Gasteiger partial charge in [0.1, 0.15) is 17.4 Å². The van der Waals surface area contributed by atoms with Crippen molar-refractivity contribution in [1.82, 2.24) is 14.6 Å². The normalized spacial score (nSPS) is 15.8. The molecule has 4 heterocycles. The van der Waals surface area contributed by atoms with Gasteiger partial charge in [0.25, 0.3) is 5.56 Å². The summed E-state index contributed by atoms with van der Waals surface area (Å²) in [6, 6.07) is 25.7. The standard InChI is InChI=1S/C29H19N3O3S/c1-17-21-12-6-8-14-23(21)35-25(17)27-30-29-32(31-27)28(33)24(36-29)16-20-15-19-11-5-7-13-22(19)34-26(20)18-9-3-2-4-10-18/h2-16,26H,1H3/b24-16+. The molecule has 36 heavy (non-hydrogen) atoms. The second-order valence-electron chi connectivity index (χ2n) is 8.69. The van der Waals surface area contributed by atoms with Gasteiger partial charge in [0.05, 0.1) is 4.53 Å². The second kappa shape index (κ2) is 8.03. The number of furan rings is 1. The van der Waals surface area contributed by atoms with Crippen molar-refractivity contribution in [2.24, 2.45) is 0 Å². The van der Waals surface area contributed by atoms with Crippen molar-refractivity contribution in [3.05, 3.63) is 116 Å². The summed E-state index contributed by atoms with van der Waals surface area (Å²) >= 11 is 1.31. The summed E-state index contributed by atoms with van der Waals surface area (Å²) in [4.78, 5) is 18.5. The van der Waals surface area contributed by atoms with E-state index in [-0.39, 0.29) is 11.7 Å². The minimum Gasteiger partial charge on any atom is -0.480 e. The molecule has 7 heteroatoms. The summed E-state index contributed by atoms with van der Waals surface area (Å²) in [5.74, 6) is 1.82. The zero-order chi connectivity index (χ0) is 24.2. The lowest BCUT2D eigenvalue weighted by Crippen LogP contribution is -2.25. The first-order valence-electron chi connectivity index (χ1n) is 11.6. The molecule has 0 N–H and O–H groups in total. The van der Waals surface area contributed by atoms with Gasteiger partial charge >= 0.3 is 0 Å². The largest absolute Gasteiger partial charge is 0.480 e. The van der Waals surface area contributed by atoms with Gasteiger partial charge in [-0.1, -0.05) is 78.1 Å². The smallest absolute Gasteiger partial charge is 0.291 e. The van der Waals surface area contributed by atoms with E-state index in [1.54, 1.807) is 0 Å². The molecule has 1 unspecified atom stereocenters. The molecule has 174 valence electrons. The van der Waals surface area contributed by atoms with Crippen LogP contribution in [-0.2, 0) is 0 Å². The highest BCUT2D eigenvalue weighted by atomic mass is 32.1. The van der Waals surface area contributed by atoms with Gasteiger partial charge in [0.2, 0.25) is 10.8 Å². The topological polar surface area (TPSA) is 69.6 Å². The van der Waals surface area contributed by atoms with Crippen molar-refractivity contribution in [3.63, 3.8) is 0 Å². The third kappa shape index (κ3) is 3.28. The first-order valence-corrected chi connectivity index (χ1v) is 12.4. The van der Waals surface area contributed by atoms with Gasteiger partial charge in [-0.05, 0) is 42.3 Å². The zero-order valence-corrected chi connectivity index (χ0v) is 20.0. The Hall–Kier alpha value is -4.49. The first kappa shape index (κ1) is 20.8. The third-order valence-corrected chi connectivity index (χ3v) is 7.38. The summed E-state index contributed by atoms with van der Waals surface area (Å²) in [5, 5.41) is 5.52. The fraction of sp³-hybridized carbons (Fsp3) is 0.0690. The molecule has 0 aliphatic carbocycles. The molecule has 1 atom stereocenters. The summed E-state index contributed by atoms with van der Waals surface area (Å²) in [6.07, 6.45) is 3.65. The summed E-state index contributed by atoms with van der Waals surface area (Å²) in [5.41, 5.74) is 4.41. The monoisotopic (exact) mass is 489 g/mol. The lowest BCUT2D eigenvalue weighted by molar-refractivity contribution is 0.244. The number of nitrogens with zero attached hydrogens (tertiary/aromatic N) is 3. The predicted molar refractivity (Wildman–Crippen MR) is 141 cm³/mol. The Morgan fingerprint density at radius 2 is 1.75 bits per heavy atom. The fourth-order valence-electron chi connectivity index (χ4n) is 4.63. The quantitative estimate of drug-likeness (QED) is 0.324. The van der Waals surface area contributed by atoms with Crippen LogP contribution in [0.3, 0.4) is 0 Å². The molecule has 6 nitrogen and oxygen atoms in total. The van der Waals surface area contributed by atoms with Gasteiger partial charge in [-0.3, -0.25) is 4.79 Å². The van der Waals surface area contributed by atoms with Crippen molar-refractivity contribution < 1.29 is 9.15 Å². The van der Waals surface area contributed by atoms with E-state index in [4.69, 9.17) is 9.15 Å². The zero-order valence-electron chi connectivity index (χ0n) is 19.2. The Bertz CT molecular complexity index is 1910. The number of aryl methyl sites for hydroxylation is 1. The minimum absolute atomic E-state index is 0.214. The number of hydrogen-bond donors (Lipinski definition) is 0. The average molecular weight is 490 g/mol. The predicted octanol–water partition coefficient (Wildman–Crippen LogP) is 5.59. The Morgan fingerprint density at radius 1 is 0.972 bits per heavy atom. The van der Waals surface area contributed by atoms with Crippen molar-refractivity contribution in [2.75, 3.05) is 0 Å². The van der Waals surface area contributed by atoms with Gasteiger partial charge in [-0.2, -0.15) is 9.50 Å². The van der Waals surface area contributed by atoms with Gasteiger partial charge in [0.15, 0.2) is 5.76 Å². The molecule has 1 aliphatic rings. The molecule has 0 bridgehead atoms. The summed E-state index contributed by atoms with van der Waals surface area (Å²) in [7, 11) is 0. The van der Waals surface area contributed by atoms with Crippen LogP contribution in [0.5, 0.6) is 5.75 Å². The molecular formula is C29H19N3O3S. The van der Waals surface area contributed by atoms with Crippen molar-refractivity contribution in [2.45, 2.75) is 13.0 Å². The molecule has 0 amide bonds. The van der Waals surface area contributed by atoms with Crippen LogP contribution in [0.2, 0.25) is 0 Å². The van der Waals surface area contributed by atoms with E-state index in [0.29, 0.717) is 21.1 Å². The number of aromatic nitrogens is 3. The number of para-hydroxylation sites is 2. The molecule has 3 aromatic heterocycles. The van der Waals surface area contributed by atoms with Crippen LogP contribution >= 0.6 is 11.3 Å². The van der Waals surface area contributed by atoms with Crippen molar-refractivity contribution in [3.8, 4) is 17.3 Å². The van der Waals surface area contributed by atoms with Crippen LogP contribution < -0.4 is 14.8 Å². The SMILES string of the molecule is Cc1c(-c2nc3s/c(=C/C4=Cc5ccccc5OC4c4ccccc4)c(=O)n3n2)oc2ccccc12. The van der Waals surface area contributed by atoms with E-state index in [1.807, 2.05) is 91.9 Å². The van der Waals surface area contributed by atoms with Crippen LogP contribution in [0, 0.1) is 6.92 Å². The van der Waals surface area contributed by atoms with E-state index >= 15 is 0 Å². The van der Waals surface area contributed by atoms with Gasteiger partial charge in [0, 0.05) is 16.5 Å². The highest BCUT2D eigenvalue weighted by Gasteiger charge is 2.24. The molecule has 0 fully saturated rings. The Kier molecular flexibility index (Phi) is 4.65. The van der Waals surface area contributed by atoms with Gasteiger partial charge in [-0.15, -0.1) is 5.10 Å². The number of rotatable bonds is 3.